The number of benzene rings is 1. The second kappa shape index (κ2) is 5.93. The molecule has 1 heterocycles. The maximum atomic E-state index is 5.92. The van der Waals surface area contributed by atoms with Crippen molar-refractivity contribution < 1.29 is 0 Å². The standard InChI is InChI=1S/C15H16BrClN2/c1-15(2,11-3-6-13(17)7-4-11)10-19-14-8-5-12(16)9-18-14/h3-9H,10H2,1-2H3,(H,18,19). The molecule has 0 atom stereocenters. The van der Waals surface area contributed by atoms with Gasteiger partial charge in [0.2, 0.25) is 0 Å². The molecule has 0 aliphatic heterocycles. The van der Waals surface area contributed by atoms with E-state index in [2.05, 4.69) is 52.2 Å². The van der Waals surface area contributed by atoms with Gasteiger partial charge in [0.1, 0.15) is 5.82 Å². The number of aromatic nitrogens is 1. The second-order valence-electron chi connectivity index (χ2n) is 5.11. The van der Waals surface area contributed by atoms with Crippen LogP contribution in [-0.2, 0) is 5.41 Å². The van der Waals surface area contributed by atoms with Crippen molar-refractivity contribution in [3.05, 3.63) is 57.7 Å². The smallest absolute Gasteiger partial charge is 0.125 e. The van der Waals surface area contributed by atoms with Crippen molar-refractivity contribution in [2.24, 2.45) is 0 Å². The Balaban J connectivity index is 2.04. The first-order valence-corrected chi connectivity index (χ1v) is 7.26. The summed E-state index contributed by atoms with van der Waals surface area (Å²) in [5.74, 6) is 0.880. The Morgan fingerprint density at radius 3 is 2.42 bits per heavy atom. The summed E-state index contributed by atoms with van der Waals surface area (Å²) in [4.78, 5) is 4.31. The molecular weight excluding hydrogens is 324 g/mol. The molecule has 2 rings (SSSR count). The van der Waals surface area contributed by atoms with E-state index in [0.717, 1.165) is 21.9 Å². The highest BCUT2D eigenvalue weighted by Gasteiger charge is 2.20. The van der Waals surface area contributed by atoms with Gasteiger partial charge in [-0.15, -0.1) is 0 Å². The molecule has 0 unspecified atom stereocenters. The summed E-state index contributed by atoms with van der Waals surface area (Å²) in [6, 6.07) is 11.9. The molecule has 2 aromatic rings. The molecule has 100 valence electrons. The SMILES string of the molecule is CC(C)(CNc1ccc(Br)cn1)c1ccc(Cl)cc1. The van der Waals surface area contributed by atoms with Crippen molar-refractivity contribution in [1.29, 1.82) is 0 Å². The maximum absolute atomic E-state index is 5.92. The first-order valence-electron chi connectivity index (χ1n) is 6.09. The van der Waals surface area contributed by atoms with Gasteiger partial charge < -0.3 is 5.32 Å². The molecule has 0 radical (unpaired) electrons. The molecule has 2 nitrogen and oxygen atoms in total. The van der Waals surface area contributed by atoms with Crippen LogP contribution >= 0.6 is 27.5 Å². The van der Waals surface area contributed by atoms with E-state index in [1.807, 2.05) is 24.3 Å². The topological polar surface area (TPSA) is 24.9 Å². The fourth-order valence-corrected chi connectivity index (χ4v) is 2.16. The number of hydrogen-bond donors (Lipinski definition) is 1. The van der Waals surface area contributed by atoms with Gasteiger partial charge in [-0.1, -0.05) is 37.6 Å². The van der Waals surface area contributed by atoms with Gasteiger partial charge >= 0.3 is 0 Å². The molecule has 0 aliphatic carbocycles. The molecule has 0 fully saturated rings. The van der Waals surface area contributed by atoms with E-state index in [4.69, 9.17) is 11.6 Å². The van der Waals surface area contributed by atoms with Gasteiger partial charge in [0.05, 0.1) is 0 Å². The number of hydrogen-bond acceptors (Lipinski definition) is 2. The van der Waals surface area contributed by atoms with E-state index in [1.54, 1.807) is 6.20 Å². The molecule has 0 saturated heterocycles. The van der Waals surface area contributed by atoms with E-state index < -0.39 is 0 Å². The molecule has 0 spiro atoms. The third kappa shape index (κ3) is 3.95. The van der Waals surface area contributed by atoms with Crippen LogP contribution in [0.3, 0.4) is 0 Å². The summed E-state index contributed by atoms with van der Waals surface area (Å²) in [5.41, 5.74) is 1.26. The number of halogens is 2. The van der Waals surface area contributed by atoms with E-state index in [0.29, 0.717) is 0 Å². The zero-order chi connectivity index (χ0) is 13.9. The summed E-state index contributed by atoms with van der Waals surface area (Å²) < 4.78 is 0.981. The van der Waals surface area contributed by atoms with Crippen LogP contribution in [0.4, 0.5) is 5.82 Å². The fourth-order valence-electron chi connectivity index (χ4n) is 1.80. The lowest BCUT2D eigenvalue weighted by molar-refractivity contribution is 0.556. The van der Waals surface area contributed by atoms with Gasteiger partial charge in [-0.05, 0) is 45.8 Å². The molecule has 1 N–H and O–H groups in total. The van der Waals surface area contributed by atoms with Crippen LogP contribution in [0.2, 0.25) is 5.02 Å². The number of pyridine rings is 1. The Hall–Kier alpha value is -1.06. The van der Waals surface area contributed by atoms with Crippen LogP contribution in [0.15, 0.2) is 47.1 Å². The number of anilines is 1. The van der Waals surface area contributed by atoms with E-state index in [-0.39, 0.29) is 5.41 Å². The Morgan fingerprint density at radius 2 is 1.84 bits per heavy atom. The van der Waals surface area contributed by atoms with Gasteiger partial charge in [-0.3, -0.25) is 0 Å². The minimum absolute atomic E-state index is 0.0132. The molecule has 0 aliphatic rings. The Bertz CT molecular complexity index is 535. The largest absolute Gasteiger partial charge is 0.369 e. The van der Waals surface area contributed by atoms with Gasteiger partial charge in [-0.2, -0.15) is 0 Å². The molecule has 4 heteroatoms. The van der Waals surface area contributed by atoms with Gasteiger partial charge in [0, 0.05) is 27.7 Å². The average molecular weight is 340 g/mol. The second-order valence-corrected chi connectivity index (χ2v) is 6.46. The van der Waals surface area contributed by atoms with Crippen LogP contribution in [0.5, 0.6) is 0 Å². The first kappa shape index (κ1) is 14.4. The van der Waals surface area contributed by atoms with Crippen molar-refractivity contribution in [1.82, 2.24) is 4.98 Å². The van der Waals surface area contributed by atoms with Crippen molar-refractivity contribution in [3.63, 3.8) is 0 Å². The van der Waals surface area contributed by atoms with Crippen molar-refractivity contribution in [2.45, 2.75) is 19.3 Å². The molecule has 1 aromatic heterocycles. The maximum Gasteiger partial charge on any atom is 0.125 e. The van der Waals surface area contributed by atoms with E-state index >= 15 is 0 Å². The Morgan fingerprint density at radius 1 is 1.16 bits per heavy atom. The van der Waals surface area contributed by atoms with Crippen LogP contribution < -0.4 is 5.32 Å². The number of nitrogens with one attached hydrogen (secondary N) is 1. The van der Waals surface area contributed by atoms with Gasteiger partial charge in [-0.25, -0.2) is 4.98 Å². The van der Waals surface area contributed by atoms with Gasteiger partial charge in [0.15, 0.2) is 0 Å². The quantitative estimate of drug-likeness (QED) is 0.858. The lowest BCUT2D eigenvalue weighted by Crippen LogP contribution is -2.27. The molecule has 0 amide bonds. The van der Waals surface area contributed by atoms with Crippen molar-refractivity contribution in [3.8, 4) is 0 Å². The van der Waals surface area contributed by atoms with Gasteiger partial charge in [0.25, 0.3) is 0 Å². The highest BCUT2D eigenvalue weighted by Crippen LogP contribution is 2.25. The van der Waals surface area contributed by atoms with Crippen molar-refractivity contribution in [2.75, 3.05) is 11.9 Å². The fraction of sp³-hybridized carbons (Fsp3) is 0.267. The zero-order valence-corrected chi connectivity index (χ0v) is 13.3. The highest BCUT2D eigenvalue weighted by molar-refractivity contribution is 9.10. The van der Waals surface area contributed by atoms with Crippen LogP contribution in [0.1, 0.15) is 19.4 Å². The Labute approximate surface area is 127 Å². The van der Waals surface area contributed by atoms with E-state index in [1.165, 1.54) is 5.56 Å². The summed E-state index contributed by atoms with van der Waals surface area (Å²) >= 11 is 9.30. The average Bonchev–Trinajstić information content (AvgIpc) is 2.39. The minimum atomic E-state index is 0.0132. The van der Waals surface area contributed by atoms with Crippen LogP contribution in [-0.4, -0.2) is 11.5 Å². The molecule has 1 aromatic carbocycles. The monoisotopic (exact) mass is 338 g/mol. The minimum Gasteiger partial charge on any atom is -0.369 e. The summed E-state index contributed by atoms with van der Waals surface area (Å²) in [6.45, 7) is 5.20. The third-order valence-corrected chi connectivity index (χ3v) is 3.79. The molecular formula is C15H16BrClN2. The number of nitrogens with zero attached hydrogens (tertiary/aromatic N) is 1. The predicted octanol–water partition coefficient (Wildman–Crippen LogP) is 4.89. The summed E-state index contributed by atoms with van der Waals surface area (Å²) in [6.07, 6.45) is 1.79. The zero-order valence-electron chi connectivity index (χ0n) is 11.0. The predicted molar refractivity (Wildman–Crippen MR) is 84.9 cm³/mol. The summed E-state index contributed by atoms with van der Waals surface area (Å²) in [7, 11) is 0. The lowest BCUT2D eigenvalue weighted by Gasteiger charge is -2.26. The van der Waals surface area contributed by atoms with Crippen LogP contribution in [0, 0.1) is 0 Å². The first-order chi connectivity index (χ1) is 8.97. The molecule has 19 heavy (non-hydrogen) atoms. The van der Waals surface area contributed by atoms with Crippen LogP contribution in [0.25, 0.3) is 0 Å². The number of rotatable bonds is 4. The van der Waals surface area contributed by atoms with Crippen molar-refractivity contribution >= 4 is 33.3 Å². The molecule has 0 bridgehead atoms. The lowest BCUT2D eigenvalue weighted by atomic mass is 9.84. The third-order valence-electron chi connectivity index (χ3n) is 3.06. The normalized spacial score (nSPS) is 11.4. The highest BCUT2D eigenvalue weighted by atomic mass is 79.9. The van der Waals surface area contributed by atoms with E-state index in [9.17, 15) is 0 Å². The molecule has 0 saturated carbocycles. The summed E-state index contributed by atoms with van der Waals surface area (Å²) in [5, 5.41) is 4.13. The Kier molecular flexibility index (Phi) is 4.48.